The van der Waals surface area contributed by atoms with Crippen molar-refractivity contribution in [2.75, 3.05) is 26.4 Å². The zero-order valence-corrected chi connectivity index (χ0v) is 35.6. The maximum Gasteiger partial charge on any atom is 0.191 e. The average molecular weight is 753 g/mol. The smallest absolute Gasteiger partial charge is 0.191 e. The Labute approximate surface area is 315 Å². The van der Waals surface area contributed by atoms with Crippen LogP contribution in [-0.2, 0) is 8.85 Å². The van der Waals surface area contributed by atoms with Gasteiger partial charge in [0.05, 0.1) is 13.2 Å². The molecule has 0 aromatic heterocycles. The highest BCUT2D eigenvalue weighted by Crippen LogP contribution is 2.45. The van der Waals surface area contributed by atoms with E-state index in [-0.39, 0.29) is 27.4 Å². The third-order valence-electron chi connectivity index (χ3n) is 11.6. The molecule has 0 saturated heterocycles. The molecule has 0 spiro atoms. The van der Waals surface area contributed by atoms with Crippen LogP contribution in [0, 0.1) is 5.82 Å². The van der Waals surface area contributed by atoms with Crippen LogP contribution in [0.2, 0.25) is 36.3 Å². The zero-order chi connectivity index (χ0) is 38.3. The quantitative estimate of drug-likeness (QED) is 0.112. The highest BCUT2D eigenvalue weighted by molar-refractivity contribution is 6.74. The topological polar surface area (TPSA) is 77.4 Å². The molecular weight excluding hydrogens is 688 g/mol. The van der Waals surface area contributed by atoms with Gasteiger partial charge < -0.3 is 28.5 Å². The summed E-state index contributed by atoms with van der Waals surface area (Å²) in [5, 5.41) is 22.4. The highest BCUT2D eigenvalue weighted by Gasteiger charge is 2.37. The molecule has 0 amide bonds. The van der Waals surface area contributed by atoms with Gasteiger partial charge in [-0.2, -0.15) is 0 Å². The molecule has 2 N–H and O–H groups in total. The Kier molecular flexibility index (Phi) is 14.1. The van der Waals surface area contributed by atoms with Crippen molar-refractivity contribution in [3.05, 3.63) is 59.9 Å². The molecule has 3 aromatic rings. The Morgan fingerprint density at radius 3 is 1.85 bits per heavy atom. The van der Waals surface area contributed by atoms with Gasteiger partial charge in [-0.25, -0.2) is 4.39 Å². The minimum absolute atomic E-state index is 0.0167. The Hall–Kier alpha value is -2.86. The summed E-state index contributed by atoms with van der Waals surface area (Å²) >= 11 is 0. The molecule has 0 bridgehead atoms. The SMILES string of the molecule is CC(C)(C)[Si](C)(C)OCCCCOc1c(O)cc(-c2ccc(C3CCCCC3)cc2F)cc1-c1ccc(O)c(OCCCO[Si](C)(C)C(C)(C)C)c1. The third kappa shape index (κ3) is 10.9. The lowest BCUT2D eigenvalue weighted by atomic mass is 9.83. The first-order valence-corrected chi connectivity index (χ1v) is 25.2. The zero-order valence-electron chi connectivity index (χ0n) is 33.6. The molecule has 0 heterocycles. The number of hydrogen-bond acceptors (Lipinski definition) is 6. The van der Waals surface area contributed by atoms with E-state index in [1.54, 1.807) is 30.3 Å². The summed E-state index contributed by atoms with van der Waals surface area (Å²) in [4.78, 5) is 0. The van der Waals surface area contributed by atoms with E-state index in [0.29, 0.717) is 72.5 Å². The summed E-state index contributed by atoms with van der Waals surface area (Å²) in [7, 11) is -3.71. The molecule has 3 aromatic carbocycles. The van der Waals surface area contributed by atoms with Crippen molar-refractivity contribution in [2.24, 2.45) is 0 Å². The minimum atomic E-state index is -1.87. The van der Waals surface area contributed by atoms with Gasteiger partial charge in [-0.15, -0.1) is 0 Å². The third-order valence-corrected chi connectivity index (χ3v) is 20.7. The number of ether oxygens (including phenoxy) is 2. The number of hydrogen-bond donors (Lipinski definition) is 2. The number of aromatic hydroxyl groups is 2. The molecular formula is C43H65FO6Si2. The molecule has 6 nitrogen and oxygen atoms in total. The second-order valence-corrected chi connectivity index (χ2v) is 27.2. The van der Waals surface area contributed by atoms with Crippen LogP contribution in [0.4, 0.5) is 4.39 Å². The lowest BCUT2D eigenvalue weighted by molar-refractivity contribution is 0.229. The van der Waals surface area contributed by atoms with Gasteiger partial charge in [-0.3, -0.25) is 0 Å². The number of phenolic OH excluding ortho intramolecular Hbond substituents is 2. The summed E-state index contributed by atoms with van der Waals surface area (Å²) in [5.74, 6) is 0.665. The van der Waals surface area contributed by atoms with E-state index in [1.807, 2.05) is 18.2 Å². The Balaban J connectivity index is 1.57. The molecule has 288 valence electrons. The summed E-state index contributed by atoms with van der Waals surface area (Å²) < 4.78 is 40.8. The molecule has 4 rings (SSSR count). The van der Waals surface area contributed by atoms with Crippen LogP contribution in [-0.4, -0.2) is 53.3 Å². The van der Waals surface area contributed by atoms with E-state index < -0.39 is 16.6 Å². The van der Waals surface area contributed by atoms with Crippen LogP contribution in [0.25, 0.3) is 22.3 Å². The predicted molar refractivity (Wildman–Crippen MR) is 218 cm³/mol. The lowest BCUT2D eigenvalue weighted by Crippen LogP contribution is -2.41. The summed E-state index contributed by atoms with van der Waals surface area (Å²) in [5.41, 5.74) is 3.28. The lowest BCUT2D eigenvalue weighted by Gasteiger charge is -2.36. The molecule has 1 saturated carbocycles. The van der Waals surface area contributed by atoms with Crippen LogP contribution in [0.3, 0.4) is 0 Å². The van der Waals surface area contributed by atoms with Gasteiger partial charge >= 0.3 is 0 Å². The van der Waals surface area contributed by atoms with Gasteiger partial charge in [0.2, 0.25) is 0 Å². The van der Waals surface area contributed by atoms with E-state index in [4.69, 9.17) is 18.3 Å². The van der Waals surface area contributed by atoms with Crippen LogP contribution >= 0.6 is 0 Å². The van der Waals surface area contributed by atoms with Crippen LogP contribution in [0.1, 0.15) is 104 Å². The molecule has 1 aliphatic rings. The molecule has 0 radical (unpaired) electrons. The van der Waals surface area contributed by atoms with Gasteiger partial charge in [0.1, 0.15) is 5.82 Å². The normalized spacial score (nSPS) is 14.8. The fraction of sp³-hybridized carbons (Fsp3) is 0.581. The van der Waals surface area contributed by atoms with Crippen LogP contribution < -0.4 is 9.47 Å². The maximum absolute atomic E-state index is 15.8. The molecule has 0 aliphatic heterocycles. The van der Waals surface area contributed by atoms with Crippen molar-refractivity contribution in [3.63, 3.8) is 0 Å². The van der Waals surface area contributed by atoms with E-state index >= 15 is 4.39 Å². The van der Waals surface area contributed by atoms with Crippen LogP contribution in [0.15, 0.2) is 48.5 Å². The Morgan fingerprint density at radius 1 is 0.635 bits per heavy atom. The molecule has 1 fully saturated rings. The molecule has 0 atom stereocenters. The van der Waals surface area contributed by atoms with Crippen molar-refractivity contribution in [1.82, 2.24) is 0 Å². The summed E-state index contributed by atoms with van der Waals surface area (Å²) in [6.45, 7) is 24.3. The fourth-order valence-corrected chi connectivity index (χ4v) is 8.27. The van der Waals surface area contributed by atoms with Crippen molar-refractivity contribution in [3.8, 4) is 45.3 Å². The van der Waals surface area contributed by atoms with E-state index in [1.165, 1.54) is 19.3 Å². The number of halogens is 1. The largest absolute Gasteiger partial charge is 0.504 e. The fourth-order valence-electron chi connectivity index (χ4n) is 6.09. The van der Waals surface area contributed by atoms with Gasteiger partial charge in [0.15, 0.2) is 39.6 Å². The molecule has 52 heavy (non-hydrogen) atoms. The number of rotatable bonds is 16. The van der Waals surface area contributed by atoms with Crippen molar-refractivity contribution >= 4 is 16.6 Å². The standard InChI is InChI=1S/C43H65FO6Si2/c1-42(2,3)51(7,8)49-25-15-14-23-48-41-36(33-20-22-38(45)40(30-33)47-24-16-26-50-52(9,10)43(4,5)6)27-34(29-39(41)46)35-21-19-32(28-37(35)44)31-17-12-11-13-18-31/h19-22,27-31,45-46H,11-18,23-26H2,1-10H3. The minimum Gasteiger partial charge on any atom is -0.504 e. The second kappa shape index (κ2) is 17.5. The molecule has 0 unspecified atom stereocenters. The van der Waals surface area contributed by atoms with Crippen molar-refractivity contribution in [2.45, 2.75) is 135 Å². The molecule has 1 aliphatic carbocycles. The number of benzene rings is 3. The van der Waals surface area contributed by atoms with Gasteiger partial charge in [-0.1, -0.05) is 79.0 Å². The van der Waals surface area contributed by atoms with Crippen molar-refractivity contribution < 1.29 is 32.9 Å². The highest BCUT2D eigenvalue weighted by atomic mass is 28.4. The summed E-state index contributed by atoms with van der Waals surface area (Å²) in [6.07, 6.45) is 8.03. The first-order chi connectivity index (χ1) is 24.3. The van der Waals surface area contributed by atoms with Gasteiger partial charge in [0, 0.05) is 30.8 Å². The summed E-state index contributed by atoms with van der Waals surface area (Å²) in [6, 6.07) is 14.1. The van der Waals surface area contributed by atoms with E-state index in [2.05, 4.69) is 67.7 Å². The maximum atomic E-state index is 15.8. The van der Waals surface area contributed by atoms with Gasteiger partial charge in [-0.05, 0) is 115 Å². The van der Waals surface area contributed by atoms with E-state index in [9.17, 15) is 10.2 Å². The second-order valence-electron chi connectivity index (χ2n) is 17.6. The average Bonchev–Trinajstić information content (AvgIpc) is 3.06. The molecule has 9 heteroatoms. The first-order valence-electron chi connectivity index (χ1n) is 19.3. The van der Waals surface area contributed by atoms with E-state index in [0.717, 1.165) is 31.2 Å². The van der Waals surface area contributed by atoms with Crippen molar-refractivity contribution in [1.29, 1.82) is 0 Å². The Morgan fingerprint density at radius 2 is 1.23 bits per heavy atom. The first kappa shape index (κ1) is 41.9. The monoisotopic (exact) mass is 752 g/mol. The van der Waals surface area contributed by atoms with Gasteiger partial charge in [0.25, 0.3) is 0 Å². The predicted octanol–water partition coefficient (Wildman–Crippen LogP) is 12.6. The van der Waals surface area contributed by atoms with Crippen LogP contribution in [0.5, 0.6) is 23.0 Å². The number of unbranched alkanes of at least 4 members (excludes halogenated alkanes) is 1. The number of phenols is 2. The Bertz CT molecular complexity index is 1620.